The molecule has 2 aromatic rings. The van der Waals surface area contributed by atoms with Gasteiger partial charge in [0.15, 0.2) is 5.96 Å². The van der Waals surface area contributed by atoms with Crippen LogP contribution in [0.5, 0.6) is 5.75 Å². The minimum atomic E-state index is 0.777. The largest absolute Gasteiger partial charge is 0.497 e. The first kappa shape index (κ1) is 20.7. The number of guanidine groups is 1. The van der Waals surface area contributed by atoms with Gasteiger partial charge in [-0.05, 0) is 59.9 Å². The third kappa shape index (κ3) is 5.72. The Morgan fingerprint density at radius 1 is 1.25 bits per heavy atom. The lowest BCUT2D eigenvalue weighted by Crippen LogP contribution is -2.39. The molecule has 1 N–H and O–H groups in total. The van der Waals surface area contributed by atoms with Crippen LogP contribution in [-0.4, -0.2) is 51.8 Å². The Bertz CT molecular complexity index is 751. The third-order valence-corrected chi connectivity index (χ3v) is 6.22. The second-order valence-corrected chi connectivity index (χ2v) is 8.19. The third-order valence-electron chi connectivity index (χ3n) is 5.28. The zero-order chi connectivity index (χ0) is 19.8. The summed E-state index contributed by atoms with van der Waals surface area (Å²) in [6.45, 7) is 3.63. The van der Waals surface area contributed by atoms with Crippen LogP contribution in [0.4, 0.5) is 0 Å². The number of benzene rings is 1. The van der Waals surface area contributed by atoms with E-state index in [0.29, 0.717) is 0 Å². The summed E-state index contributed by atoms with van der Waals surface area (Å²) in [4.78, 5) is 7.97. The molecular weight excluding hydrogens is 370 g/mol. The number of nitrogens with one attached hydrogen (secondary N) is 1. The molecule has 1 aromatic heterocycles. The molecule has 0 aliphatic carbocycles. The van der Waals surface area contributed by atoms with Crippen molar-refractivity contribution < 1.29 is 9.47 Å². The average Bonchev–Trinajstić information content (AvgIpc) is 3.22. The van der Waals surface area contributed by atoms with Gasteiger partial charge < -0.3 is 19.7 Å². The van der Waals surface area contributed by atoms with E-state index < -0.39 is 0 Å². The fourth-order valence-corrected chi connectivity index (χ4v) is 4.31. The maximum Gasteiger partial charge on any atom is 0.193 e. The van der Waals surface area contributed by atoms with Crippen LogP contribution in [0.15, 0.2) is 40.7 Å². The van der Waals surface area contributed by atoms with Crippen molar-refractivity contribution in [2.24, 2.45) is 10.9 Å². The van der Waals surface area contributed by atoms with E-state index in [2.05, 4.69) is 45.8 Å². The topological polar surface area (TPSA) is 46.1 Å². The van der Waals surface area contributed by atoms with E-state index in [9.17, 15) is 0 Å². The summed E-state index contributed by atoms with van der Waals surface area (Å²) in [6.07, 6.45) is 3.56. The number of nitrogens with zero attached hydrogens (tertiary/aromatic N) is 2. The molecular formula is C22H31N3O2S. The fraction of sp³-hybridized carbons (Fsp3) is 0.500. The van der Waals surface area contributed by atoms with Crippen molar-refractivity contribution in [1.29, 1.82) is 0 Å². The van der Waals surface area contributed by atoms with Gasteiger partial charge in [-0.3, -0.25) is 4.99 Å². The van der Waals surface area contributed by atoms with Crippen LogP contribution in [0.3, 0.4) is 0 Å². The number of hydrogen-bond acceptors (Lipinski definition) is 4. The van der Waals surface area contributed by atoms with Crippen molar-refractivity contribution in [3.8, 4) is 16.9 Å². The lowest BCUT2D eigenvalue weighted by molar-refractivity contribution is 0.0625. The Balaban J connectivity index is 1.49. The summed E-state index contributed by atoms with van der Waals surface area (Å²) in [5, 5.41) is 5.70. The smallest absolute Gasteiger partial charge is 0.193 e. The molecule has 0 amide bonds. The summed E-state index contributed by atoms with van der Waals surface area (Å²) < 4.78 is 10.7. The van der Waals surface area contributed by atoms with Gasteiger partial charge in [0.2, 0.25) is 0 Å². The van der Waals surface area contributed by atoms with E-state index in [1.54, 1.807) is 18.4 Å². The molecule has 5 nitrogen and oxygen atoms in total. The van der Waals surface area contributed by atoms with Crippen LogP contribution in [-0.2, 0) is 11.3 Å². The molecule has 0 saturated carbocycles. The van der Waals surface area contributed by atoms with Gasteiger partial charge in [0, 0.05) is 38.7 Å². The quantitative estimate of drug-likeness (QED) is 0.557. The molecule has 0 unspecified atom stereocenters. The first-order valence-corrected chi connectivity index (χ1v) is 10.8. The Labute approximate surface area is 172 Å². The van der Waals surface area contributed by atoms with Crippen LogP contribution in [0, 0.1) is 5.92 Å². The zero-order valence-electron chi connectivity index (χ0n) is 17.1. The predicted molar refractivity (Wildman–Crippen MR) is 117 cm³/mol. The number of ether oxygens (including phenoxy) is 2. The van der Waals surface area contributed by atoms with Gasteiger partial charge in [0.1, 0.15) is 5.75 Å². The SMILES string of the molecule is CN=C(NCc1cc(-c2ccc(OC)cc2)cs1)N(C)CCC1CCOCC1. The minimum Gasteiger partial charge on any atom is -0.497 e. The van der Waals surface area contributed by atoms with E-state index >= 15 is 0 Å². The van der Waals surface area contributed by atoms with Gasteiger partial charge >= 0.3 is 0 Å². The van der Waals surface area contributed by atoms with Gasteiger partial charge in [-0.1, -0.05) is 12.1 Å². The molecule has 28 heavy (non-hydrogen) atoms. The molecule has 3 rings (SSSR count). The number of thiophene rings is 1. The van der Waals surface area contributed by atoms with Crippen molar-refractivity contribution in [2.75, 3.05) is 41.0 Å². The van der Waals surface area contributed by atoms with Crippen molar-refractivity contribution in [1.82, 2.24) is 10.2 Å². The molecule has 0 spiro atoms. The minimum absolute atomic E-state index is 0.777. The molecule has 0 bridgehead atoms. The van der Waals surface area contributed by atoms with E-state index in [4.69, 9.17) is 9.47 Å². The molecule has 1 fully saturated rings. The summed E-state index contributed by atoms with van der Waals surface area (Å²) in [5.41, 5.74) is 2.45. The Hall–Kier alpha value is -2.05. The number of methoxy groups -OCH3 is 1. The van der Waals surface area contributed by atoms with Crippen LogP contribution < -0.4 is 10.1 Å². The number of hydrogen-bond donors (Lipinski definition) is 1. The van der Waals surface area contributed by atoms with Crippen LogP contribution >= 0.6 is 11.3 Å². The van der Waals surface area contributed by atoms with Crippen molar-refractivity contribution in [2.45, 2.75) is 25.8 Å². The van der Waals surface area contributed by atoms with E-state index in [1.807, 2.05) is 19.2 Å². The first-order valence-electron chi connectivity index (χ1n) is 9.91. The van der Waals surface area contributed by atoms with Gasteiger partial charge in [0.25, 0.3) is 0 Å². The second kappa shape index (κ2) is 10.5. The Kier molecular flexibility index (Phi) is 7.74. The molecule has 152 valence electrons. The molecule has 0 radical (unpaired) electrons. The summed E-state index contributed by atoms with van der Waals surface area (Å²) in [6, 6.07) is 10.4. The van der Waals surface area contributed by atoms with Crippen LogP contribution in [0.2, 0.25) is 0 Å². The van der Waals surface area contributed by atoms with Gasteiger partial charge in [-0.2, -0.15) is 0 Å². The van der Waals surface area contributed by atoms with E-state index in [0.717, 1.165) is 43.9 Å². The maximum absolute atomic E-state index is 5.45. The van der Waals surface area contributed by atoms with Gasteiger partial charge in [0.05, 0.1) is 13.7 Å². The standard InChI is InChI=1S/C22H31N3O2S/c1-23-22(25(2)11-8-17-9-12-27-13-10-17)24-15-21-14-19(16-28-21)18-4-6-20(26-3)7-5-18/h4-7,14,16-17H,8-13,15H2,1-3H3,(H,23,24). The highest BCUT2D eigenvalue weighted by Crippen LogP contribution is 2.27. The molecule has 1 aromatic carbocycles. The first-order chi connectivity index (χ1) is 13.7. The van der Waals surface area contributed by atoms with Crippen molar-refractivity contribution >= 4 is 17.3 Å². The molecule has 6 heteroatoms. The lowest BCUT2D eigenvalue weighted by Gasteiger charge is -2.26. The van der Waals surface area contributed by atoms with Gasteiger partial charge in [-0.25, -0.2) is 0 Å². The maximum atomic E-state index is 5.45. The van der Waals surface area contributed by atoms with Crippen LogP contribution in [0.1, 0.15) is 24.1 Å². The number of aliphatic imine (C=N–C) groups is 1. The second-order valence-electron chi connectivity index (χ2n) is 7.20. The summed E-state index contributed by atoms with van der Waals surface area (Å²) in [5.74, 6) is 2.61. The molecule has 1 saturated heterocycles. The monoisotopic (exact) mass is 401 g/mol. The highest BCUT2D eigenvalue weighted by atomic mass is 32.1. The van der Waals surface area contributed by atoms with E-state index in [1.165, 1.54) is 35.3 Å². The normalized spacial score (nSPS) is 15.5. The molecule has 1 aliphatic heterocycles. The van der Waals surface area contributed by atoms with Crippen LogP contribution in [0.25, 0.3) is 11.1 Å². The summed E-state index contributed by atoms with van der Waals surface area (Å²) >= 11 is 1.77. The Morgan fingerprint density at radius 2 is 2.00 bits per heavy atom. The highest BCUT2D eigenvalue weighted by molar-refractivity contribution is 7.10. The van der Waals surface area contributed by atoms with Crippen molar-refractivity contribution in [3.05, 3.63) is 40.6 Å². The highest BCUT2D eigenvalue weighted by Gasteiger charge is 2.15. The average molecular weight is 402 g/mol. The molecule has 2 heterocycles. The Morgan fingerprint density at radius 3 is 2.68 bits per heavy atom. The zero-order valence-corrected chi connectivity index (χ0v) is 17.9. The molecule has 1 aliphatic rings. The lowest BCUT2D eigenvalue weighted by atomic mass is 9.96. The number of rotatable bonds is 7. The van der Waals surface area contributed by atoms with Gasteiger partial charge in [-0.15, -0.1) is 11.3 Å². The molecule has 0 atom stereocenters. The fourth-order valence-electron chi connectivity index (χ4n) is 3.48. The van der Waals surface area contributed by atoms with Crippen molar-refractivity contribution in [3.63, 3.8) is 0 Å². The summed E-state index contributed by atoms with van der Waals surface area (Å²) in [7, 11) is 5.66. The predicted octanol–water partition coefficient (Wildman–Crippen LogP) is 4.25. The van der Waals surface area contributed by atoms with E-state index in [-0.39, 0.29) is 0 Å².